The Bertz CT molecular complexity index is 1220. The molecule has 0 aliphatic carbocycles. The van der Waals surface area contributed by atoms with Gasteiger partial charge in [0.05, 0.1) is 6.54 Å². The topological polar surface area (TPSA) is 75.2 Å². The van der Waals surface area contributed by atoms with Crippen LogP contribution in [0.5, 0.6) is 0 Å². The highest BCUT2D eigenvalue weighted by Crippen LogP contribution is 2.36. The molecule has 0 unspecified atom stereocenters. The normalized spacial score (nSPS) is 13.8. The number of thioether (sulfide) groups is 1. The van der Waals surface area contributed by atoms with E-state index in [1.807, 2.05) is 63.2 Å². The molecule has 0 bridgehead atoms. The summed E-state index contributed by atoms with van der Waals surface area (Å²) in [5.41, 5.74) is 4.09. The van der Waals surface area contributed by atoms with Gasteiger partial charge in [-0.05, 0) is 61.9 Å². The number of imide groups is 1. The van der Waals surface area contributed by atoms with E-state index in [1.165, 1.54) is 4.90 Å². The van der Waals surface area contributed by atoms with Crippen molar-refractivity contribution in [2.24, 2.45) is 0 Å². The molecule has 2 amide bonds. The third-order valence-corrected chi connectivity index (χ3v) is 6.35. The van der Waals surface area contributed by atoms with E-state index in [-0.39, 0.29) is 23.1 Å². The molecule has 4 rings (SSSR count). The number of hydrogen-bond acceptors (Lipinski definition) is 6. The number of carbonyl (C=O) groups excluding carboxylic acids is 2. The van der Waals surface area contributed by atoms with Crippen molar-refractivity contribution in [1.29, 1.82) is 0 Å². The molecule has 3 aromatic rings. The predicted molar refractivity (Wildman–Crippen MR) is 126 cm³/mol. The number of rotatable bonds is 6. The van der Waals surface area contributed by atoms with E-state index in [0.29, 0.717) is 15.9 Å². The first kappa shape index (κ1) is 22.0. The SMILES string of the molecule is Cc1cc(C)nc(SC2=C(Nc3cccc(Cl)c3C)C(=O)N(Cc3ccccc3)C2=O)n1. The molecule has 0 atom stereocenters. The van der Waals surface area contributed by atoms with Crippen molar-refractivity contribution in [2.45, 2.75) is 32.5 Å². The monoisotopic (exact) mass is 464 g/mol. The zero-order chi connectivity index (χ0) is 22.8. The summed E-state index contributed by atoms with van der Waals surface area (Å²) < 4.78 is 0. The number of aryl methyl sites for hydroxylation is 2. The molecule has 0 saturated heterocycles. The summed E-state index contributed by atoms with van der Waals surface area (Å²) in [7, 11) is 0. The van der Waals surface area contributed by atoms with Crippen LogP contribution in [0, 0.1) is 20.8 Å². The van der Waals surface area contributed by atoms with Crippen LogP contribution in [0.4, 0.5) is 5.69 Å². The number of anilines is 1. The molecule has 8 heteroatoms. The van der Waals surface area contributed by atoms with Crippen molar-refractivity contribution in [3.63, 3.8) is 0 Å². The number of nitrogens with zero attached hydrogens (tertiary/aromatic N) is 3. The Morgan fingerprint density at radius 3 is 2.31 bits per heavy atom. The van der Waals surface area contributed by atoms with Gasteiger partial charge in [-0.15, -0.1) is 0 Å². The zero-order valence-corrected chi connectivity index (χ0v) is 19.4. The molecule has 6 nitrogen and oxygen atoms in total. The van der Waals surface area contributed by atoms with Crippen LogP contribution in [0.2, 0.25) is 5.02 Å². The predicted octanol–water partition coefficient (Wildman–Crippen LogP) is 5.04. The van der Waals surface area contributed by atoms with E-state index in [4.69, 9.17) is 11.6 Å². The molecule has 0 saturated carbocycles. The van der Waals surface area contributed by atoms with Crippen LogP contribution in [0.1, 0.15) is 22.5 Å². The summed E-state index contributed by atoms with van der Waals surface area (Å²) in [5.74, 6) is -0.779. The van der Waals surface area contributed by atoms with E-state index >= 15 is 0 Å². The first-order chi connectivity index (χ1) is 15.3. The van der Waals surface area contributed by atoms with E-state index in [9.17, 15) is 9.59 Å². The van der Waals surface area contributed by atoms with Crippen LogP contribution in [0.3, 0.4) is 0 Å². The van der Waals surface area contributed by atoms with Gasteiger partial charge in [0.1, 0.15) is 10.6 Å². The van der Waals surface area contributed by atoms with Gasteiger partial charge in [-0.2, -0.15) is 0 Å². The molecule has 0 fully saturated rings. The lowest BCUT2D eigenvalue weighted by molar-refractivity contribution is -0.137. The smallest absolute Gasteiger partial charge is 0.278 e. The lowest BCUT2D eigenvalue weighted by Crippen LogP contribution is -2.32. The minimum atomic E-state index is -0.398. The van der Waals surface area contributed by atoms with Crippen molar-refractivity contribution in [3.05, 3.63) is 92.7 Å². The van der Waals surface area contributed by atoms with Gasteiger partial charge in [0, 0.05) is 22.1 Å². The molecule has 162 valence electrons. The van der Waals surface area contributed by atoms with E-state index in [0.717, 1.165) is 34.3 Å². The van der Waals surface area contributed by atoms with Gasteiger partial charge in [0.25, 0.3) is 11.8 Å². The highest BCUT2D eigenvalue weighted by atomic mass is 35.5. The third-order valence-electron chi connectivity index (χ3n) is 4.99. The number of amides is 2. The molecule has 1 N–H and O–H groups in total. The van der Waals surface area contributed by atoms with E-state index in [2.05, 4.69) is 15.3 Å². The van der Waals surface area contributed by atoms with Gasteiger partial charge in [-0.3, -0.25) is 14.5 Å². The van der Waals surface area contributed by atoms with E-state index in [1.54, 1.807) is 12.1 Å². The number of halogens is 1. The molecule has 2 heterocycles. The van der Waals surface area contributed by atoms with Crippen molar-refractivity contribution >= 4 is 40.9 Å². The number of aromatic nitrogens is 2. The summed E-state index contributed by atoms with van der Waals surface area (Å²) in [5, 5.41) is 4.14. The molecule has 0 radical (unpaired) electrons. The quantitative estimate of drug-likeness (QED) is 0.407. The lowest BCUT2D eigenvalue weighted by Gasteiger charge is -2.16. The van der Waals surface area contributed by atoms with Crippen molar-refractivity contribution in [3.8, 4) is 0 Å². The molecule has 2 aromatic carbocycles. The van der Waals surface area contributed by atoms with Gasteiger partial charge in [0.2, 0.25) is 0 Å². The summed E-state index contributed by atoms with van der Waals surface area (Å²) in [4.78, 5) is 37.1. The van der Waals surface area contributed by atoms with Crippen molar-refractivity contribution in [2.75, 3.05) is 5.32 Å². The van der Waals surface area contributed by atoms with Gasteiger partial charge >= 0.3 is 0 Å². The average Bonchev–Trinajstić information content (AvgIpc) is 2.96. The van der Waals surface area contributed by atoms with Crippen LogP contribution in [0.15, 0.2) is 70.4 Å². The fourth-order valence-corrected chi connectivity index (χ4v) is 4.55. The molecule has 1 aliphatic heterocycles. The average molecular weight is 465 g/mol. The Labute approximate surface area is 195 Å². The van der Waals surface area contributed by atoms with Crippen LogP contribution in [-0.2, 0) is 16.1 Å². The van der Waals surface area contributed by atoms with Crippen molar-refractivity contribution < 1.29 is 9.59 Å². The number of carbonyl (C=O) groups is 2. The third kappa shape index (κ3) is 4.54. The van der Waals surface area contributed by atoms with Gasteiger partial charge in [0.15, 0.2) is 5.16 Å². The van der Waals surface area contributed by atoms with Gasteiger partial charge in [-0.1, -0.05) is 48.0 Å². The van der Waals surface area contributed by atoms with Gasteiger partial charge in [-0.25, -0.2) is 9.97 Å². The van der Waals surface area contributed by atoms with Crippen LogP contribution in [0.25, 0.3) is 0 Å². The second kappa shape index (κ2) is 9.14. The van der Waals surface area contributed by atoms with Crippen LogP contribution < -0.4 is 5.32 Å². The molecule has 32 heavy (non-hydrogen) atoms. The first-order valence-electron chi connectivity index (χ1n) is 10.00. The second-order valence-electron chi connectivity index (χ2n) is 7.46. The van der Waals surface area contributed by atoms with E-state index < -0.39 is 5.91 Å². The van der Waals surface area contributed by atoms with Gasteiger partial charge < -0.3 is 5.32 Å². The number of benzene rings is 2. The highest BCUT2D eigenvalue weighted by molar-refractivity contribution is 8.04. The summed E-state index contributed by atoms with van der Waals surface area (Å²) >= 11 is 7.35. The Morgan fingerprint density at radius 1 is 0.938 bits per heavy atom. The maximum atomic E-state index is 13.4. The number of hydrogen-bond donors (Lipinski definition) is 1. The molecular weight excluding hydrogens is 444 g/mol. The minimum Gasteiger partial charge on any atom is -0.350 e. The largest absolute Gasteiger partial charge is 0.350 e. The van der Waals surface area contributed by atoms with Crippen LogP contribution in [-0.4, -0.2) is 26.7 Å². The summed E-state index contributed by atoms with van der Waals surface area (Å²) in [6, 6.07) is 16.7. The lowest BCUT2D eigenvalue weighted by atomic mass is 10.2. The Hall–Kier alpha value is -3.16. The first-order valence-corrected chi connectivity index (χ1v) is 11.2. The second-order valence-corrected chi connectivity index (χ2v) is 8.84. The zero-order valence-electron chi connectivity index (χ0n) is 17.8. The fraction of sp³-hybridized carbons (Fsp3) is 0.167. The number of nitrogens with one attached hydrogen (secondary N) is 1. The summed E-state index contributed by atoms with van der Waals surface area (Å²) in [6.45, 7) is 5.76. The van der Waals surface area contributed by atoms with Crippen molar-refractivity contribution in [1.82, 2.24) is 14.9 Å². The molecule has 1 aromatic heterocycles. The minimum absolute atomic E-state index is 0.177. The maximum Gasteiger partial charge on any atom is 0.278 e. The highest BCUT2D eigenvalue weighted by Gasteiger charge is 2.39. The summed E-state index contributed by atoms with van der Waals surface area (Å²) in [6.07, 6.45) is 0. The standard InChI is InChI=1S/C24H21ClN4O2S/c1-14-12-15(2)27-24(26-14)32-21-20(28-19-11-7-10-18(25)16(19)3)22(30)29(23(21)31)13-17-8-5-4-6-9-17/h4-12,28H,13H2,1-3H3. The molecule has 0 spiro atoms. The maximum absolute atomic E-state index is 13.4. The Morgan fingerprint density at radius 2 is 1.62 bits per heavy atom. The Kier molecular flexibility index (Phi) is 6.30. The fourth-order valence-electron chi connectivity index (χ4n) is 3.38. The molecular formula is C24H21ClN4O2S. The Balaban J connectivity index is 1.73. The molecule has 1 aliphatic rings. The van der Waals surface area contributed by atoms with Crippen LogP contribution >= 0.6 is 23.4 Å².